The predicted octanol–water partition coefficient (Wildman–Crippen LogP) is 2.53. The van der Waals surface area contributed by atoms with Gasteiger partial charge in [-0.05, 0) is 24.3 Å². The molecular weight excluding hydrogens is 266 g/mol. The lowest BCUT2D eigenvalue weighted by molar-refractivity contribution is 0.102. The van der Waals surface area contributed by atoms with Crippen LogP contribution in [0, 0.1) is 11.8 Å². The Bertz CT molecular complexity index is 638. The van der Waals surface area contributed by atoms with E-state index in [9.17, 15) is 4.79 Å². The minimum Gasteiger partial charge on any atom is -0.472 e. The van der Waals surface area contributed by atoms with Gasteiger partial charge in [0, 0.05) is 10.6 Å². The lowest BCUT2D eigenvalue weighted by atomic mass is 10.1. The van der Waals surface area contributed by atoms with Crippen molar-refractivity contribution in [2.24, 2.45) is 0 Å². The third-order valence-electron chi connectivity index (χ3n) is 2.32. The van der Waals surface area contributed by atoms with E-state index in [-0.39, 0.29) is 12.5 Å². The standard InChI is InChI=1S/C14H10ClNO3/c15-12-4-3-10(2-1-6-17)13(8-12)16-14(18)11-5-7-19-9-11/h3-5,7-9,17H,6H2,(H,16,18). The summed E-state index contributed by atoms with van der Waals surface area (Å²) in [6, 6.07) is 6.49. The fourth-order valence-corrected chi connectivity index (χ4v) is 1.62. The van der Waals surface area contributed by atoms with Crippen LogP contribution in [0.15, 0.2) is 41.2 Å². The predicted molar refractivity (Wildman–Crippen MR) is 72.1 cm³/mol. The van der Waals surface area contributed by atoms with Gasteiger partial charge in [0.25, 0.3) is 5.91 Å². The molecule has 1 heterocycles. The van der Waals surface area contributed by atoms with Crippen molar-refractivity contribution in [1.82, 2.24) is 0 Å². The molecule has 0 aliphatic heterocycles. The minimum atomic E-state index is -0.317. The molecule has 0 fully saturated rings. The summed E-state index contributed by atoms with van der Waals surface area (Å²) >= 11 is 5.89. The summed E-state index contributed by atoms with van der Waals surface area (Å²) in [7, 11) is 0. The number of furan rings is 1. The number of benzene rings is 1. The van der Waals surface area contributed by atoms with Crippen molar-refractivity contribution < 1.29 is 14.3 Å². The highest BCUT2D eigenvalue weighted by atomic mass is 35.5. The van der Waals surface area contributed by atoms with Crippen LogP contribution in [-0.2, 0) is 0 Å². The highest BCUT2D eigenvalue weighted by Crippen LogP contribution is 2.21. The Morgan fingerprint density at radius 3 is 2.95 bits per heavy atom. The zero-order valence-corrected chi connectivity index (χ0v) is 10.6. The Morgan fingerprint density at radius 2 is 2.26 bits per heavy atom. The van der Waals surface area contributed by atoms with Crippen molar-refractivity contribution in [2.75, 3.05) is 11.9 Å². The minimum absolute atomic E-state index is 0.252. The maximum Gasteiger partial charge on any atom is 0.258 e. The Kier molecular flexibility index (Phi) is 4.24. The van der Waals surface area contributed by atoms with Gasteiger partial charge in [-0.2, -0.15) is 0 Å². The van der Waals surface area contributed by atoms with Gasteiger partial charge in [0.05, 0.1) is 17.5 Å². The van der Waals surface area contributed by atoms with Gasteiger partial charge in [-0.15, -0.1) is 0 Å². The molecule has 1 aromatic heterocycles. The maximum absolute atomic E-state index is 11.9. The van der Waals surface area contributed by atoms with Gasteiger partial charge >= 0.3 is 0 Å². The van der Waals surface area contributed by atoms with Crippen LogP contribution < -0.4 is 5.32 Å². The Labute approximate surface area is 115 Å². The first kappa shape index (κ1) is 13.2. The van der Waals surface area contributed by atoms with Gasteiger partial charge in [0.2, 0.25) is 0 Å². The number of aliphatic hydroxyl groups is 1. The van der Waals surface area contributed by atoms with E-state index in [1.54, 1.807) is 24.3 Å². The number of carbonyl (C=O) groups is 1. The number of hydrogen-bond donors (Lipinski definition) is 2. The highest BCUT2D eigenvalue weighted by Gasteiger charge is 2.09. The molecule has 96 valence electrons. The van der Waals surface area contributed by atoms with E-state index in [1.807, 2.05) is 0 Å². The monoisotopic (exact) mass is 275 g/mol. The van der Waals surface area contributed by atoms with Crippen LogP contribution in [0.5, 0.6) is 0 Å². The second-order valence-electron chi connectivity index (χ2n) is 3.62. The van der Waals surface area contributed by atoms with Gasteiger partial charge < -0.3 is 14.8 Å². The average molecular weight is 276 g/mol. The van der Waals surface area contributed by atoms with Crippen LogP contribution in [-0.4, -0.2) is 17.6 Å². The molecule has 2 N–H and O–H groups in total. The fourth-order valence-electron chi connectivity index (χ4n) is 1.45. The zero-order chi connectivity index (χ0) is 13.7. The first-order valence-corrected chi connectivity index (χ1v) is 5.81. The molecular formula is C14H10ClNO3. The quantitative estimate of drug-likeness (QED) is 0.828. The number of aliphatic hydroxyl groups excluding tert-OH is 1. The third kappa shape index (κ3) is 3.38. The van der Waals surface area contributed by atoms with Gasteiger partial charge in [-0.3, -0.25) is 4.79 Å². The molecule has 0 atom stereocenters. The lowest BCUT2D eigenvalue weighted by Crippen LogP contribution is -2.11. The van der Waals surface area contributed by atoms with Gasteiger partial charge in [0.1, 0.15) is 12.9 Å². The first-order chi connectivity index (χ1) is 9.20. The van der Waals surface area contributed by atoms with Crippen molar-refractivity contribution in [3.8, 4) is 11.8 Å². The van der Waals surface area contributed by atoms with Crippen molar-refractivity contribution >= 4 is 23.2 Å². The zero-order valence-electron chi connectivity index (χ0n) is 9.81. The summed E-state index contributed by atoms with van der Waals surface area (Å²) in [5.41, 5.74) is 1.47. The Hall–Kier alpha value is -2.22. The van der Waals surface area contributed by atoms with E-state index in [1.165, 1.54) is 12.5 Å². The van der Waals surface area contributed by atoms with Crippen LogP contribution in [0.4, 0.5) is 5.69 Å². The number of anilines is 1. The van der Waals surface area contributed by atoms with Gasteiger partial charge in [-0.1, -0.05) is 23.4 Å². The molecule has 0 aliphatic rings. The van der Waals surface area contributed by atoms with E-state index >= 15 is 0 Å². The molecule has 0 saturated carbocycles. The summed E-state index contributed by atoms with van der Waals surface area (Å²) in [4.78, 5) is 11.9. The third-order valence-corrected chi connectivity index (χ3v) is 2.55. The van der Waals surface area contributed by atoms with Crippen molar-refractivity contribution in [2.45, 2.75) is 0 Å². The van der Waals surface area contributed by atoms with Crippen LogP contribution >= 0.6 is 11.6 Å². The fraction of sp³-hybridized carbons (Fsp3) is 0.0714. The summed E-state index contributed by atoms with van der Waals surface area (Å²) < 4.78 is 4.84. The van der Waals surface area contributed by atoms with E-state index in [0.29, 0.717) is 21.8 Å². The number of rotatable bonds is 2. The molecule has 0 aliphatic carbocycles. The van der Waals surface area contributed by atoms with Crippen molar-refractivity contribution in [3.63, 3.8) is 0 Å². The molecule has 19 heavy (non-hydrogen) atoms. The van der Waals surface area contributed by atoms with Crippen LogP contribution in [0.2, 0.25) is 5.02 Å². The number of nitrogens with one attached hydrogen (secondary N) is 1. The SMILES string of the molecule is O=C(Nc1cc(Cl)ccc1C#CCO)c1ccoc1. The molecule has 1 amide bonds. The summed E-state index contributed by atoms with van der Waals surface area (Å²) in [5, 5.41) is 11.9. The second-order valence-corrected chi connectivity index (χ2v) is 4.05. The molecule has 0 saturated heterocycles. The van der Waals surface area contributed by atoms with E-state index < -0.39 is 0 Å². The van der Waals surface area contributed by atoms with E-state index in [2.05, 4.69) is 17.2 Å². The number of hydrogen-bond acceptors (Lipinski definition) is 3. The topological polar surface area (TPSA) is 62.5 Å². The van der Waals surface area contributed by atoms with Crippen LogP contribution in [0.1, 0.15) is 15.9 Å². The normalized spacial score (nSPS) is 9.58. The van der Waals surface area contributed by atoms with Gasteiger partial charge in [-0.25, -0.2) is 0 Å². The Balaban J connectivity index is 2.28. The first-order valence-electron chi connectivity index (χ1n) is 5.43. The van der Waals surface area contributed by atoms with E-state index in [0.717, 1.165) is 0 Å². The van der Waals surface area contributed by atoms with Crippen LogP contribution in [0.25, 0.3) is 0 Å². The number of halogens is 1. The highest BCUT2D eigenvalue weighted by molar-refractivity contribution is 6.31. The lowest BCUT2D eigenvalue weighted by Gasteiger charge is -2.06. The average Bonchev–Trinajstić information content (AvgIpc) is 2.92. The maximum atomic E-state index is 11.9. The molecule has 1 aromatic carbocycles. The number of carbonyl (C=O) groups excluding carboxylic acids is 1. The molecule has 4 nitrogen and oxygen atoms in total. The molecule has 0 bridgehead atoms. The van der Waals surface area contributed by atoms with Gasteiger partial charge in [0.15, 0.2) is 0 Å². The summed E-state index contributed by atoms with van der Waals surface area (Å²) in [6.07, 6.45) is 2.76. The van der Waals surface area contributed by atoms with Crippen molar-refractivity contribution in [1.29, 1.82) is 0 Å². The summed E-state index contributed by atoms with van der Waals surface area (Å²) in [6.45, 7) is -0.252. The smallest absolute Gasteiger partial charge is 0.258 e. The largest absolute Gasteiger partial charge is 0.472 e. The Morgan fingerprint density at radius 1 is 1.42 bits per heavy atom. The molecule has 0 radical (unpaired) electrons. The van der Waals surface area contributed by atoms with E-state index in [4.69, 9.17) is 21.1 Å². The molecule has 2 aromatic rings. The molecule has 0 spiro atoms. The van der Waals surface area contributed by atoms with Crippen LogP contribution in [0.3, 0.4) is 0 Å². The molecule has 0 unspecified atom stereocenters. The second kappa shape index (κ2) is 6.10. The van der Waals surface area contributed by atoms with Crippen molar-refractivity contribution in [3.05, 3.63) is 52.9 Å². The summed E-state index contributed by atoms with van der Waals surface area (Å²) in [5.74, 6) is 4.95. The number of amides is 1. The molecule has 2 rings (SSSR count). The molecule has 5 heteroatoms.